The van der Waals surface area contributed by atoms with Crippen LogP contribution in [0.3, 0.4) is 0 Å². The molecule has 0 bridgehead atoms. The Hall–Kier alpha value is -2.71. The Kier molecular flexibility index (Phi) is 6.35. The van der Waals surface area contributed by atoms with Crippen LogP contribution in [0.4, 0.5) is 0 Å². The zero-order valence-corrected chi connectivity index (χ0v) is 16.3. The highest BCUT2D eigenvalue weighted by Gasteiger charge is 2.19. The van der Waals surface area contributed by atoms with E-state index in [1.165, 1.54) is 17.0 Å². The molecule has 1 amide bonds. The van der Waals surface area contributed by atoms with Crippen LogP contribution in [0.15, 0.2) is 22.6 Å². The van der Waals surface area contributed by atoms with Crippen molar-refractivity contribution in [3.63, 3.8) is 0 Å². The van der Waals surface area contributed by atoms with E-state index in [9.17, 15) is 4.79 Å². The molecule has 1 aromatic heterocycles. The predicted molar refractivity (Wildman–Crippen MR) is 103 cm³/mol. The third-order valence-corrected chi connectivity index (χ3v) is 4.15. The van der Waals surface area contributed by atoms with Crippen molar-refractivity contribution in [2.75, 3.05) is 7.05 Å². The summed E-state index contributed by atoms with van der Waals surface area (Å²) < 4.78 is 10.5. The zero-order chi connectivity index (χ0) is 20.3. The highest BCUT2D eigenvalue weighted by molar-refractivity contribution is 6.34. The number of hydrogen-bond donors (Lipinski definition) is 3. The Morgan fingerprint density at radius 1 is 1.41 bits per heavy atom. The molecule has 0 saturated carbocycles. The minimum atomic E-state index is -0.658. The van der Waals surface area contributed by atoms with Crippen molar-refractivity contribution in [1.82, 2.24) is 9.88 Å². The van der Waals surface area contributed by atoms with Crippen LogP contribution in [0.5, 0.6) is 0 Å². The average molecular weight is 392 g/mol. The minimum Gasteiger partial charge on any atom is -0.446 e. The number of ether oxygens (including phenoxy) is 1. The molecule has 0 aliphatic rings. The summed E-state index contributed by atoms with van der Waals surface area (Å²) >= 11 is 6.12. The number of halogens is 1. The lowest BCUT2D eigenvalue weighted by Crippen LogP contribution is -2.30. The van der Waals surface area contributed by atoms with Gasteiger partial charge in [0.2, 0.25) is 11.8 Å². The number of nitrogens with zero attached hydrogens (tertiary/aromatic N) is 2. The molecule has 1 unspecified atom stereocenters. The Labute approximate surface area is 162 Å². The van der Waals surface area contributed by atoms with Gasteiger partial charge in [0, 0.05) is 19.5 Å². The largest absolute Gasteiger partial charge is 0.446 e. The molecule has 0 aliphatic heterocycles. The molecule has 4 N–H and O–H groups in total. The highest BCUT2D eigenvalue weighted by Crippen LogP contribution is 2.21. The lowest BCUT2D eigenvalue weighted by molar-refractivity contribution is 0.0783. The van der Waals surface area contributed by atoms with Gasteiger partial charge in [0.25, 0.3) is 5.91 Å². The molecule has 0 fully saturated rings. The average Bonchev–Trinajstić information content (AvgIpc) is 2.91. The Morgan fingerprint density at radius 3 is 2.63 bits per heavy atom. The van der Waals surface area contributed by atoms with Gasteiger partial charge in [-0.15, -0.1) is 0 Å². The zero-order valence-electron chi connectivity index (χ0n) is 15.6. The summed E-state index contributed by atoms with van der Waals surface area (Å²) in [5.41, 5.74) is 6.76. The highest BCUT2D eigenvalue weighted by atomic mass is 35.5. The number of hydrogen-bond acceptors (Lipinski definition) is 7. The van der Waals surface area contributed by atoms with Gasteiger partial charge in [-0.05, 0) is 32.0 Å². The van der Waals surface area contributed by atoms with Crippen LogP contribution >= 0.6 is 11.6 Å². The molecule has 1 atom stereocenters. The molecule has 2 rings (SSSR count). The standard InChI is InChI=1S/C18H22ClN5O3/c1-9(20)16(21)27-17(22)13-7-12(5-6-14(13)19)18(25)24(4)8-15-10(2)26-11(3)23-15/h5-7,9,21-22H,8,20H2,1-4H3. The van der Waals surface area contributed by atoms with Gasteiger partial charge in [0.1, 0.15) is 11.5 Å². The van der Waals surface area contributed by atoms with Crippen molar-refractivity contribution >= 4 is 29.3 Å². The van der Waals surface area contributed by atoms with Crippen molar-refractivity contribution in [3.05, 3.63) is 51.7 Å². The molecule has 0 spiro atoms. The summed E-state index contributed by atoms with van der Waals surface area (Å²) in [6, 6.07) is 3.88. The number of aromatic nitrogens is 1. The van der Waals surface area contributed by atoms with E-state index < -0.39 is 6.04 Å². The number of amides is 1. The van der Waals surface area contributed by atoms with Crippen molar-refractivity contribution in [1.29, 1.82) is 10.8 Å². The van der Waals surface area contributed by atoms with Crippen molar-refractivity contribution < 1.29 is 13.9 Å². The van der Waals surface area contributed by atoms with Crippen LogP contribution in [0.25, 0.3) is 0 Å². The first-order chi connectivity index (χ1) is 12.6. The molecule has 8 nitrogen and oxygen atoms in total. The molecule has 1 heterocycles. The van der Waals surface area contributed by atoms with Gasteiger partial charge in [-0.1, -0.05) is 11.6 Å². The molecule has 1 aromatic carbocycles. The Morgan fingerprint density at radius 2 is 2.07 bits per heavy atom. The third-order valence-electron chi connectivity index (χ3n) is 3.82. The second kappa shape index (κ2) is 8.32. The van der Waals surface area contributed by atoms with Gasteiger partial charge in [-0.25, -0.2) is 4.98 Å². The quantitative estimate of drug-likeness (QED) is 0.533. The topological polar surface area (TPSA) is 129 Å². The van der Waals surface area contributed by atoms with Gasteiger partial charge in [-0.2, -0.15) is 0 Å². The molecule has 144 valence electrons. The fraction of sp³-hybridized carbons (Fsp3) is 0.333. The van der Waals surface area contributed by atoms with Crippen molar-refractivity contribution in [2.24, 2.45) is 5.73 Å². The number of benzene rings is 1. The number of nitrogens with two attached hydrogens (primary N) is 1. The van der Waals surface area contributed by atoms with E-state index >= 15 is 0 Å². The number of oxazole rings is 1. The number of carbonyl (C=O) groups is 1. The van der Waals surface area contributed by atoms with E-state index in [4.69, 9.17) is 37.3 Å². The second-order valence-corrected chi connectivity index (χ2v) is 6.58. The molecule has 0 saturated heterocycles. The van der Waals surface area contributed by atoms with Crippen molar-refractivity contribution in [2.45, 2.75) is 33.4 Å². The van der Waals surface area contributed by atoms with Gasteiger partial charge in [0.05, 0.1) is 23.2 Å². The monoisotopic (exact) mass is 391 g/mol. The molecular weight excluding hydrogens is 370 g/mol. The van der Waals surface area contributed by atoms with Crippen LogP contribution in [0.1, 0.15) is 40.2 Å². The van der Waals surface area contributed by atoms with E-state index in [0.29, 0.717) is 22.9 Å². The molecule has 0 radical (unpaired) electrons. The maximum absolute atomic E-state index is 12.7. The summed E-state index contributed by atoms with van der Waals surface area (Å²) in [6.45, 7) is 5.39. The number of rotatable bonds is 5. The fourth-order valence-electron chi connectivity index (χ4n) is 2.33. The van der Waals surface area contributed by atoms with Crippen LogP contribution in [0.2, 0.25) is 5.02 Å². The Bertz CT molecular complexity index is 891. The second-order valence-electron chi connectivity index (χ2n) is 6.18. The van der Waals surface area contributed by atoms with E-state index in [-0.39, 0.29) is 34.8 Å². The molecule has 27 heavy (non-hydrogen) atoms. The first kappa shape index (κ1) is 20.6. The predicted octanol–water partition coefficient (Wildman–Crippen LogP) is 2.88. The molecule has 2 aromatic rings. The van der Waals surface area contributed by atoms with Crippen LogP contribution < -0.4 is 5.73 Å². The minimum absolute atomic E-state index is 0.203. The van der Waals surface area contributed by atoms with Gasteiger partial charge >= 0.3 is 0 Å². The van der Waals surface area contributed by atoms with Crippen LogP contribution in [-0.2, 0) is 11.3 Å². The molecule has 0 aliphatic carbocycles. The van der Waals surface area contributed by atoms with Crippen molar-refractivity contribution in [3.8, 4) is 0 Å². The summed E-state index contributed by atoms with van der Waals surface area (Å²) in [7, 11) is 1.65. The van der Waals surface area contributed by atoms with E-state index in [2.05, 4.69) is 4.98 Å². The maximum Gasteiger partial charge on any atom is 0.253 e. The van der Waals surface area contributed by atoms with E-state index in [1.807, 2.05) is 0 Å². The SMILES string of the molecule is Cc1nc(CN(C)C(=O)c2ccc(Cl)c(C(=N)OC(=N)C(C)N)c2)c(C)o1. The molecular formula is C18H22ClN5O3. The lowest BCUT2D eigenvalue weighted by atomic mass is 10.1. The first-order valence-corrected chi connectivity index (χ1v) is 8.56. The summed E-state index contributed by atoms with van der Waals surface area (Å²) in [4.78, 5) is 18.5. The van der Waals surface area contributed by atoms with E-state index in [0.717, 1.165) is 0 Å². The summed E-state index contributed by atoms with van der Waals surface area (Å²) in [6.07, 6.45) is 0. The maximum atomic E-state index is 12.7. The lowest BCUT2D eigenvalue weighted by Gasteiger charge is -2.17. The fourth-order valence-corrected chi connectivity index (χ4v) is 2.53. The Balaban J connectivity index is 2.20. The number of carbonyl (C=O) groups excluding carboxylic acids is 1. The number of nitrogens with one attached hydrogen (secondary N) is 2. The summed E-state index contributed by atoms with van der Waals surface area (Å²) in [5.74, 6) is 0.320. The third kappa shape index (κ3) is 4.93. The first-order valence-electron chi connectivity index (χ1n) is 8.18. The van der Waals surface area contributed by atoms with Gasteiger partial charge < -0.3 is 19.8 Å². The summed E-state index contributed by atoms with van der Waals surface area (Å²) in [5, 5.41) is 15.9. The van der Waals surface area contributed by atoms with Crippen LogP contribution in [-0.4, -0.2) is 40.7 Å². The number of aryl methyl sites for hydroxylation is 2. The molecule has 9 heteroatoms. The normalized spacial score (nSPS) is 11.8. The van der Waals surface area contributed by atoms with E-state index in [1.54, 1.807) is 33.9 Å². The van der Waals surface area contributed by atoms with Crippen LogP contribution in [0, 0.1) is 24.7 Å². The van der Waals surface area contributed by atoms with Gasteiger partial charge in [0.15, 0.2) is 5.89 Å². The van der Waals surface area contributed by atoms with Gasteiger partial charge in [-0.3, -0.25) is 15.6 Å². The smallest absolute Gasteiger partial charge is 0.253 e.